The predicted octanol–water partition coefficient (Wildman–Crippen LogP) is 19.5. The van der Waals surface area contributed by atoms with Crippen LogP contribution in [-0.2, 0) is 12.8 Å². The first-order valence-corrected chi connectivity index (χ1v) is 26.2. The SMILES string of the molecule is CCCCCCCCCCCCCCCCCCCCCCc1ccccc1O.CCCCCCCCCCCCCCCCCCCCCCc1ccccc1O. The molecule has 2 rings (SSSR count). The molecule has 0 fully saturated rings. The molecule has 0 aliphatic heterocycles. The third-order valence-corrected chi connectivity index (χ3v) is 12.6. The molecule has 0 saturated heterocycles. The maximum atomic E-state index is 9.77. The summed E-state index contributed by atoms with van der Waals surface area (Å²) in [5.74, 6) is 0.926. The molecule has 0 aliphatic rings. The Morgan fingerprint density at radius 1 is 0.241 bits per heavy atom. The van der Waals surface area contributed by atoms with Crippen molar-refractivity contribution in [1.29, 1.82) is 0 Å². The number of phenolic OH excluding ortho intramolecular Hbond substituents is 2. The lowest BCUT2D eigenvalue weighted by Gasteiger charge is -2.05. The molecule has 0 atom stereocenters. The van der Waals surface area contributed by atoms with E-state index >= 15 is 0 Å². The number of unbranched alkanes of at least 4 members (excludes halogenated alkanes) is 38. The van der Waals surface area contributed by atoms with Crippen LogP contribution < -0.4 is 0 Å². The third-order valence-electron chi connectivity index (χ3n) is 12.6. The van der Waals surface area contributed by atoms with E-state index in [1.54, 1.807) is 12.1 Å². The van der Waals surface area contributed by atoms with Gasteiger partial charge in [-0.25, -0.2) is 0 Å². The van der Waals surface area contributed by atoms with Crippen molar-refractivity contribution < 1.29 is 10.2 Å². The maximum Gasteiger partial charge on any atom is 0.118 e. The molecule has 2 heteroatoms. The van der Waals surface area contributed by atoms with Crippen LogP contribution in [0.1, 0.15) is 282 Å². The fourth-order valence-electron chi connectivity index (χ4n) is 8.59. The smallest absolute Gasteiger partial charge is 0.118 e. The lowest BCUT2D eigenvalue weighted by atomic mass is 10.0. The molecule has 0 aliphatic carbocycles. The molecule has 2 N–H and O–H groups in total. The van der Waals surface area contributed by atoms with Crippen molar-refractivity contribution in [3.05, 3.63) is 59.7 Å². The van der Waals surface area contributed by atoms with Gasteiger partial charge in [-0.1, -0.05) is 294 Å². The highest BCUT2D eigenvalue weighted by molar-refractivity contribution is 5.32. The van der Waals surface area contributed by atoms with Crippen molar-refractivity contribution in [2.75, 3.05) is 0 Å². The zero-order chi connectivity index (χ0) is 41.7. The monoisotopic (exact) mass is 805 g/mol. The zero-order valence-corrected chi connectivity index (χ0v) is 39.2. The summed E-state index contributed by atoms with van der Waals surface area (Å²) in [7, 11) is 0. The van der Waals surface area contributed by atoms with Crippen molar-refractivity contribution >= 4 is 0 Å². The lowest BCUT2D eigenvalue weighted by molar-refractivity contribution is 0.465. The number of benzene rings is 2. The van der Waals surface area contributed by atoms with E-state index < -0.39 is 0 Å². The van der Waals surface area contributed by atoms with Crippen LogP contribution in [0.25, 0.3) is 0 Å². The summed E-state index contributed by atoms with van der Waals surface area (Å²) in [4.78, 5) is 0. The number of para-hydroxylation sites is 2. The van der Waals surface area contributed by atoms with Crippen LogP contribution >= 0.6 is 0 Å². The Labute approximate surface area is 363 Å². The lowest BCUT2D eigenvalue weighted by Crippen LogP contribution is -1.87. The van der Waals surface area contributed by atoms with Crippen molar-refractivity contribution in [2.24, 2.45) is 0 Å². The van der Waals surface area contributed by atoms with Gasteiger partial charge in [0.15, 0.2) is 0 Å². The van der Waals surface area contributed by atoms with Crippen molar-refractivity contribution in [1.82, 2.24) is 0 Å². The largest absolute Gasteiger partial charge is 0.508 e. The summed E-state index contributed by atoms with van der Waals surface area (Å²) in [6.07, 6.45) is 58.9. The molecule has 0 unspecified atom stereocenters. The summed E-state index contributed by atoms with van der Waals surface area (Å²) >= 11 is 0. The highest BCUT2D eigenvalue weighted by Crippen LogP contribution is 2.21. The van der Waals surface area contributed by atoms with E-state index in [0.29, 0.717) is 11.5 Å². The van der Waals surface area contributed by atoms with E-state index in [9.17, 15) is 10.2 Å². The molecule has 0 spiro atoms. The summed E-state index contributed by atoms with van der Waals surface area (Å²) < 4.78 is 0. The molecular weight excluding hydrogens is 705 g/mol. The number of phenols is 2. The number of hydrogen-bond acceptors (Lipinski definition) is 2. The van der Waals surface area contributed by atoms with Gasteiger partial charge in [0, 0.05) is 0 Å². The Hall–Kier alpha value is -1.96. The summed E-state index contributed by atoms with van der Waals surface area (Å²) in [5.41, 5.74) is 2.21. The standard InChI is InChI=1S/2C28H50O/c2*1-2-3-4-5-6-7-8-9-10-11-12-13-14-15-16-17-18-19-20-21-24-27-25-22-23-26-28(27)29/h2*22-23,25-26,29H,2-21,24H2,1H3. The van der Waals surface area contributed by atoms with Gasteiger partial charge in [0.2, 0.25) is 0 Å². The van der Waals surface area contributed by atoms with Crippen molar-refractivity contribution in [3.63, 3.8) is 0 Å². The Bertz CT molecular complexity index is 992. The molecule has 0 heterocycles. The summed E-state index contributed by atoms with van der Waals surface area (Å²) in [5, 5.41) is 19.5. The van der Waals surface area contributed by atoms with Crippen LogP contribution in [0.4, 0.5) is 0 Å². The Morgan fingerprint density at radius 2 is 0.414 bits per heavy atom. The molecule has 2 aromatic carbocycles. The van der Waals surface area contributed by atoms with Crippen LogP contribution in [0.3, 0.4) is 0 Å². The second kappa shape index (κ2) is 44.6. The van der Waals surface area contributed by atoms with Crippen molar-refractivity contribution in [2.45, 2.75) is 284 Å². The quantitative estimate of drug-likeness (QED) is 0.0656. The maximum absolute atomic E-state index is 9.77. The van der Waals surface area contributed by atoms with Crippen LogP contribution in [0, 0.1) is 0 Å². The Morgan fingerprint density at radius 3 is 0.603 bits per heavy atom. The summed E-state index contributed by atoms with van der Waals surface area (Å²) in [6, 6.07) is 15.5. The van der Waals surface area contributed by atoms with Crippen LogP contribution in [0.5, 0.6) is 11.5 Å². The van der Waals surface area contributed by atoms with Crippen molar-refractivity contribution in [3.8, 4) is 11.5 Å². The minimum atomic E-state index is 0.463. The van der Waals surface area contributed by atoms with Crippen LogP contribution in [-0.4, -0.2) is 10.2 Å². The minimum Gasteiger partial charge on any atom is -0.508 e. The number of aryl methyl sites for hydroxylation is 2. The molecule has 2 nitrogen and oxygen atoms in total. The molecule has 0 bridgehead atoms. The Balaban J connectivity index is 0.000000580. The average molecular weight is 805 g/mol. The fraction of sp³-hybridized carbons (Fsp3) is 0.786. The van der Waals surface area contributed by atoms with E-state index in [2.05, 4.69) is 13.8 Å². The molecule has 58 heavy (non-hydrogen) atoms. The Kier molecular flexibility index (Phi) is 41.6. The van der Waals surface area contributed by atoms with Gasteiger partial charge in [-0.05, 0) is 48.9 Å². The van der Waals surface area contributed by atoms with Gasteiger partial charge in [-0.2, -0.15) is 0 Å². The van der Waals surface area contributed by atoms with Gasteiger partial charge in [-0.3, -0.25) is 0 Å². The predicted molar refractivity (Wildman–Crippen MR) is 260 cm³/mol. The van der Waals surface area contributed by atoms with E-state index in [4.69, 9.17) is 0 Å². The number of hydrogen-bond donors (Lipinski definition) is 2. The molecule has 0 aromatic heterocycles. The highest BCUT2D eigenvalue weighted by Gasteiger charge is 2.01. The van der Waals surface area contributed by atoms with Crippen LogP contribution in [0.15, 0.2) is 48.5 Å². The number of aromatic hydroxyl groups is 2. The molecule has 336 valence electrons. The first-order valence-electron chi connectivity index (χ1n) is 26.2. The average Bonchev–Trinajstić information content (AvgIpc) is 3.23. The number of rotatable bonds is 42. The van der Waals surface area contributed by atoms with Gasteiger partial charge < -0.3 is 10.2 Å². The molecular formula is C56H100O2. The fourth-order valence-corrected chi connectivity index (χ4v) is 8.59. The molecule has 0 radical (unpaired) electrons. The van der Waals surface area contributed by atoms with E-state index in [0.717, 1.165) is 24.0 Å². The topological polar surface area (TPSA) is 40.5 Å². The zero-order valence-electron chi connectivity index (χ0n) is 39.2. The second-order valence-electron chi connectivity index (χ2n) is 18.2. The van der Waals surface area contributed by atoms with Gasteiger partial charge in [0.25, 0.3) is 0 Å². The minimum absolute atomic E-state index is 0.463. The first-order chi connectivity index (χ1) is 28.7. The second-order valence-corrected chi connectivity index (χ2v) is 18.2. The van der Waals surface area contributed by atoms with Gasteiger partial charge >= 0.3 is 0 Å². The van der Waals surface area contributed by atoms with Gasteiger partial charge in [0.05, 0.1) is 0 Å². The van der Waals surface area contributed by atoms with Gasteiger partial charge in [0.1, 0.15) is 11.5 Å². The third kappa shape index (κ3) is 37.1. The van der Waals surface area contributed by atoms with E-state index in [1.165, 1.54) is 257 Å². The van der Waals surface area contributed by atoms with Crippen LogP contribution in [0.2, 0.25) is 0 Å². The highest BCUT2D eigenvalue weighted by atomic mass is 16.3. The van der Waals surface area contributed by atoms with Gasteiger partial charge in [-0.15, -0.1) is 0 Å². The van der Waals surface area contributed by atoms with E-state index in [1.807, 2.05) is 36.4 Å². The molecule has 0 amide bonds. The van der Waals surface area contributed by atoms with E-state index in [-0.39, 0.29) is 0 Å². The normalized spacial score (nSPS) is 11.2. The first kappa shape index (κ1) is 54.1. The summed E-state index contributed by atoms with van der Waals surface area (Å²) in [6.45, 7) is 4.59. The molecule has 2 aromatic rings. The molecule has 0 saturated carbocycles.